The van der Waals surface area contributed by atoms with E-state index in [1.807, 2.05) is 0 Å². The molecule has 0 radical (unpaired) electrons. The Kier molecular flexibility index (Phi) is 3.50. The molecule has 0 fully saturated rings. The van der Waals surface area contributed by atoms with Crippen LogP contribution in [-0.4, -0.2) is 5.75 Å². The van der Waals surface area contributed by atoms with Crippen LogP contribution in [0.1, 0.15) is 18.1 Å². The van der Waals surface area contributed by atoms with Crippen LogP contribution in [0.4, 0.5) is 0 Å². The highest BCUT2D eigenvalue weighted by atomic mass is 32.1. The Morgan fingerprint density at radius 2 is 1.82 bits per heavy atom. The summed E-state index contributed by atoms with van der Waals surface area (Å²) in [5, 5.41) is 0. The van der Waals surface area contributed by atoms with Gasteiger partial charge in [0.05, 0.1) is 0 Å². The lowest BCUT2D eigenvalue weighted by Gasteiger charge is -2.04. The van der Waals surface area contributed by atoms with Crippen LogP contribution < -0.4 is 0 Å². The van der Waals surface area contributed by atoms with Crippen molar-refractivity contribution in [1.29, 1.82) is 0 Å². The smallest absolute Gasteiger partial charge is 0.00573 e. The Bertz CT molecular complexity index is 218. The molecule has 0 aliphatic carbocycles. The van der Waals surface area contributed by atoms with Gasteiger partial charge in [-0.15, -0.1) is 0 Å². The van der Waals surface area contributed by atoms with Gasteiger partial charge in [-0.2, -0.15) is 12.6 Å². The Labute approximate surface area is 74.0 Å². The zero-order valence-electron chi connectivity index (χ0n) is 6.88. The zero-order valence-corrected chi connectivity index (χ0v) is 7.77. The first-order valence-corrected chi connectivity index (χ1v) is 4.69. The summed E-state index contributed by atoms with van der Waals surface area (Å²) in [6.07, 6.45) is 2.22. The van der Waals surface area contributed by atoms with Crippen molar-refractivity contribution in [1.82, 2.24) is 0 Å². The third-order valence-electron chi connectivity index (χ3n) is 1.88. The van der Waals surface area contributed by atoms with E-state index < -0.39 is 0 Å². The van der Waals surface area contributed by atoms with E-state index in [2.05, 4.69) is 43.8 Å². The van der Waals surface area contributed by atoms with E-state index in [4.69, 9.17) is 0 Å². The standard InChI is InChI=1S/C10H14S/c1-2-9-5-3-4-6-10(9)7-8-11/h3-6,11H,2,7-8H2,1H3. The second-order valence-corrected chi connectivity index (χ2v) is 3.04. The lowest BCUT2D eigenvalue weighted by Crippen LogP contribution is -1.92. The van der Waals surface area contributed by atoms with Crippen molar-refractivity contribution >= 4 is 12.6 Å². The molecule has 0 bridgehead atoms. The lowest BCUT2D eigenvalue weighted by atomic mass is 10.0. The Morgan fingerprint density at radius 3 is 2.36 bits per heavy atom. The summed E-state index contributed by atoms with van der Waals surface area (Å²) in [7, 11) is 0. The van der Waals surface area contributed by atoms with E-state index in [1.54, 1.807) is 0 Å². The van der Waals surface area contributed by atoms with Crippen molar-refractivity contribution < 1.29 is 0 Å². The normalized spacial score (nSPS) is 10.0. The van der Waals surface area contributed by atoms with Gasteiger partial charge in [-0.1, -0.05) is 31.2 Å². The third-order valence-corrected chi connectivity index (χ3v) is 2.10. The monoisotopic (exact) mass is 166 g/mol. The number of rotatable bonds is 3. The van der Waals surface area contributed by atoms with Crippen LogP contribution in [0, 0.1) is 0 Å². The molecule has 1 aromatic carbocycles. The highest BCUT2D eigenvalue weighted by Crippen LogP contribution is 2.10. The number of aryl methyl sites for hydroxylation is 2. The predicted molar refractivity (Wildman–Crippen MR) is 53.4 cm³/mol. The molecule has 0 saturated heterocycles. The van der Waals surface area contributed by atoms with Crippen LogP contribution in [0.3, 0.4) is 0 Å². The van der Waals surface area contributed by atoms with Gasteiger partial charge >= 0.3 is 0 Å². The first kappa shape index (κ1) is 8.66. The van der Waals surface area contributed by atoms with Gasteiger partial charge in [0.1, 0.15) is 0 Å². The van der Waals surface area contributed by atoms with Gasteiger partial charge in [0.15, 0.2) is 0 Å². The molecule has 0 aromatic heterocycles. The fraction of sp³-hybridized carbons (Fsp3) is 0.400. The van der Waals surface area contributed by atoms with E-state index in [0.29, 0.717) is 0 Å². The largest absolute Gasteiger partial charge is 0.179 e. The summed E-state index contributed by atoms with van der Waals surface area (Å²) in [6.45, 7) is 2.19. The van der Waals surface area contributed by atoms with E-state index in [-0.39, 0.29) is 0 Å². The number of hydrogen-bond acceptors (Lipinski definition) is 1. The fourth-order valence-corrected chi connectivity index (χ4v) is 1.51. The molecule has 0 aliphatic rings. The maximum atomic E-state index is 4.22. The quantitative estimate of drug-likeness (QED) is 0.656. The minimum Gasteiger partial charge on any atom is -0.179 e. The summed E-state index contributed by atoms with van der Waals surface area (Å²) < 4.78 is 0. The van der Waals surface area contributed by atoms with E-state index in [1.165, 1.54) is 11.1 Å². The van der Waals surface area contributed by atoms with Crippen LogP contribution in [0.15, 0.2) is 24.3 Å². The zero-order chi connectivity index (χ0) is 8.10. The molecule has 0 nitrogen and oxygen atoms in total. The molecule has 0 heterocycles. The van der Waals surface area contributed by atoms with E-state index in [9.17, 15) is 0 Å². The molecule has 0 N–H and O–H groups in total. The van der Waals surface area contributed by atoms with Crippen LogP contribution in [-0.2, 0) is 12.8 Å². The van der Waals surface area contributed by atoms with Crippen molar-refractivity contribution in [2.24, 2.45) is 0 Å². The molecule has 0 amide bonds. The van der Waals surface area contributed by atoms with Gasteiger partial charge in [0, 0.05) is 0 Å². The van der Waals surface area contributed by atoms with Gasteiger partial charge in [-0.3, -0.25) is 0 Å². The topological polar surface area (TPSA) is 0 Å². The molecular weight excluding hydrogens is 152 g/mol. The highest BCUT2D eigenvalue weighted by Gasteiger charge is 1.96. The van der Waals surface area contributed by atoms with E-state index >= 15 is 0 Å². The van der Waals surface area contributed by atoms with Crippen LogP contribution in [0.2, 0.25) is 0 Å². The summed E-state index contributed by atoms with van der Waals surface area (Å²) in [5.41, 5.74) is 2.91. The second-order valence-electron chi connectivity index (χ2n) is 2.60. The average molecular weight is 166 g/mol. The molecule has 0 spiro atoms. The van der Waals surface area contributed by atoms with Gasteiger partial charge in [-0.25, -0.2) is 0 Å². The van der Waals surface area contributed by atoms with Gasteiger partial charge in [0.2, 0.25) is 0 Å². The molecule has 1 aromatic rings. The van der Waals surface area contributed by atoms with Gasteiger partial charge in [0.25, 0.3) is 0 Å². The molecule has 1 heteroatoms. The average Bonchev–Trinajstić information content (AvgIpc) is 2.06. The molecule has 0 atom stereocenters. The Balaban J connectivity index is 2.83. The molecule has 0 unspecified atom stereocenters. The minimum atomic E-state index is 0.941. The van der Waals surface area contributed by atoms with Crippen molar-refractivity contribution in [3.05, 3.63) is 35.4 Å². The highest BCUT2D eigenvalue weighted by molar-refractivity contribution is 7.80. The Morgan fingerprint density at radius 1 is 1.18 bits per heavy atom. The summed E-state index contributed by atoms with van der Waals surface area (Å²) in [5.74, 6) is 0.941. The van der Waals surface area contributed by atoms with Crippen LogP contribution in [0.25, 0.3) is 0 Å². The van der Waals surface area contributed by atoms with Gasteiger partial charge < -0.3 is 0 Å². The molecular formula is C10H14S. The molecule has 0 aliphatic heterocycles. The molecule has 60 valence electrons. The lowest BCUT2D eigenvalue weighted by molar-refractivity contribution is 1.05. The second kappa shape index (κ2) is 4.45. The Hall–Kier alpha value is -0.430. The third kappa shape index (κ3) is 2.26. The van der Waals surface area contributed by atoms with Crippen molar-refractivity contribution in [2.75, 3.05) is 5.75 Å². The van der Waals surface area contributed by atoms with E-state index in [0.717, 1.165) is 18.6 Å². The first-order valence-electron chi connectivity index (χ1n) is 4.06. The maximum Gasteiger partial charge on any atom is -0.00573 e. The van der Waals surface area contributed by atoms with Crippen LogP contribution >= 0.6 is 12.6 Å². The molecule has 0 saturated carbocycles. The maximum absolute atomic E-state index is 4.22. The number of hydrogen-bond donors (Lipinski definition) is 1. The number of benzene rings is 1. The fourth-order valence-electron chi connectivity index (χ4n) is 1.27. The van der Waals surface area contributed by atoms with Crippen molar-refractivity contribution in [3.8, 4) is 0 Å². The number of thiol groups is 1. The molecule has 1 rings (SSSR count). The first-order chi connectivity index (χ1) is 5.38. The molecule has 11 heavy (non-hydrogen) atoms. The summed E-state index contributed by atoms with van der Waals surface area (Å²) in [4.78, 5) is 0. The van der Waals surface area contributed by atoms with Crippen molar-refractivity contribution in [2.45, 2.75) is 19.8 Å². The van der Waals surface area contributed by atoms with Gasteiger partial charge in [-0.05, 0) is 29.7 Å². The predicted octanol–water partition coefficient (Wildman–Crippen LogP) is 2.72. The van der Waals surface area contributed by atoms with Crippen molar-refractivity contribution in [3.63, 3.8) is 0 Å². The minimum absolute atomic E-state index is 0.941. The SMILES string of the molecule is CCc1ccccc1CCS. The van der Waals surface area contributed by atoms with Crippen LogP contribution in [0.5, 0.6) is 0 Å². The summed E-state index contributed by atoms with van der Waals surface area (Å²) in [6, 6.07) is 8.58. The summed E-state index contributed by atoms with van der Waals surface area (Å²) >= 11 is 4.22.